The third kappa shape index (κ3) is 2.79. The van der Waals surface area contributed by atoms with Crippen molar-refractivity contribution in [2.24, 2.45) is 0 Å². The molecule has 4 rings (SSSR count). The van der Waals surface area contributed by atoms with Crippen LogP contribution in [-0.4, -0.2) is 25.0 Å². The SMILES string of the molecule is CN(C(=N)N(C)c1ccc2cccc3c2c1CC3)c1ccc([N+](=O)[O-])cc1. The maximum Gasteiger partial charge on any atom is 0.269 e. The number of anilines is 2. The van der Waals surface area contributed by atoms with Crippen LogP contribution in [0.5, 0.6) is 0 Å². The Morgan fingerprint density at radius 2 is 1.74 bits per heavy atom. The molecule has 0 amide bonds. The number of hydrogen-bond donors (Lipinski definition) is 1. The van der Waals surface area contributed by atoms with E-state index in [4.69, 9.17) is 5.41 Å². The first-order chi connectivity index (χ1) is 13.0. The molecule has 0 unspecified atom stereocenters. The number of guanidine groups is 1. The Balaban J connectivity index is 1.65. The van der Waals surface area contributed by atoms with Crippen LogP contribution in [0.4, 0.5) is 17.1 Å². The highest BCUT2D eigenvalue weighted by Gasteiger charge is 2.22. The molecule has 0 radical (unpaired) electrons. The van der Waals surface area contributed by atoms with Crippen LogP contribution in [0.15, 0.2) is 54.6 Å². The van der Waals surface area contributed by atoms with E-state index in [1.165, 1.54) is 34.0 Å². The van der Waals surface area contributed by atoms with Gasteiger partial charge in [-0.3, -0.25) is 15.5 Å². The quantitative estimate of drug-likeness (QED) is 0.326. The molecular formula is C21H20N4O2. The summed E-state index contributed by atoms with van der Waals surface area (Å²) in [5.41, 5.74) is 4.46. The predicted octanol–water partition coefficient (Wildman–Crippen LogP) is 4.35. The fourth-order valence-electron chi connectivity index (χ4n) is 3.82. The molecule has 0 heterocycles. The van der Waals surface area contributed by atoms with E-state index < -0.39 is 4.92 Å². The average Bonchev–Trinajstić information content (AvgIpc) is 3.12. The summed E-state index contributed by atoms with van der Waals surface area (Å²) in [6.07, 6.45) is 2.01. The lowest BCUT2D eigenvalue weighted by Crippen LogP contribution is -2.40. The second kappa shape index (κ2) is 6.39. The van der Waals surface area contributed by atoms with Crippen molar-refractivity contribution in [1.29, 1.82) is 5.41 Å². The van der Waals surface area contributed by atoms with E-state index in [-0.39, 0.29) is 5.69 Å². The van der Waals surface area contributed by atoms with Crippen molar-refractivity contribution in [2.45, 2.75) is 12.8 Å². The van der Waals surface area contributed by atoms with E-state index in [9.17, 15) is 10.1 Å². The lowest BCUT2D eigenvalue weighted by molar-refractivity contribution is -0.384. The van der Waals surface area contributed by atoms with Crippen molar-refractivity contribution in [3.8, 4) is 0 Å². The third-order valence-corrected chi connectivity index (χ3v) is 5.30. The summed E-state index contributed by atoms with van der Waals surface area (Å²) in [6, 6.07) is 16.8. The van der Waals surface area contributed by atoms with Gasteiger partial charge in [0.1, 0.15) is 0 Å². The normalized spacial score (nSPS) is 12.2. The Bertz CT molecular complexity index is 1060. The van der Waals surface area contributed by atoms with Crippen LogP contribution in [0.2, 0.25) is 0 Å². The minimum atomic E-state index is -0.421. The molecule has 136 valence electrons. The van der Waals surface area contributed by atoms with E-state index in [1.807, 2.05) is 11.9 Å². The molecule has 0 saturated carbocycles. The topological polar surface area (TPSA) is 73.5 Å². The average molecular weight is 360 g/mol. The molecule has 0 saturated heterocycles. The fourth-order valence-corrected chi connectivity index (χ4v) is 3.82. The van der Waals surface area contributed by atoms with Crippen molar-refractivity contribution < 1.29 is 4.92 Å². The zero-order valence-electron chi connectivity index (χ0n) is 15.3. The summed E-state index contributed by atoms with van der Waals surface area (Å²) in [5, 5.41) is 22.0. The van der Waals surface area contributed by atoms with E-state index >= 15 is 0 Å². The maximum absolute atomic E-state index is 10.8. The molecule has 0 aliphatic heterocycles. The van der Waals surface area contributed by atoms with Crippen LogP contribution >= 0.6 is 0 Å². The van der Waals surface area contributed by atoms with Gasteiger partial charge in [0.15, 0.2) is 0 Å². The molecule has 0 atom stereocenters. The minimum Gasteiger partial charge on any atom is -0.316 e. The summed E-state index contributed by atoms with van der Waals surface area (Å²) < 4.78 is 0. The van der Waals surface area contributed by atoms with Crippen molar-refractivity contribution in [3.05, 3.63) is 75.8 Å². The standard InChI is InChI=1S/C21H20N4O2/c1-23(16-8-10-17(11-9-16)25(26)27)21(22)24(2)19-13-7-15-5-3-4-14-6-12-18(19)20(14)15/h3-5,7-11,13,22H,6,12H2,1-2H3. The zero-order valence-corrected chi connectivity index (χ0v) is 15.3. The number of aryl methyl sites for hydroxylation is 2. The van der Waals surface area contributed by atoms with Gasteiger partial charge in [0.2, 0.25) is 5.96 Å². The molecule has 27 heavy (non-hydrogen) atoms. The molecule has 1 N–H and O–H groups in total. The Kier molecular flexibility index (Phi) is 4.03. The maximum atomic E-state index is 10.8. The van der Waals surface area contributed by atoms with Gasteiger partial charge in [0, 0.05) is 37.6 Å². The molecule has 1 aliphatic carbocycles. The molecular weight excluding hydrogens is 340 g/mol. The molecule has 1 aliphatic rings. The van der Waals surface area contributed by atoms with Crippen LogP contribution < -0.4 is 9.80 Å². The largest absolute Gasteiger partial charge is 0.316 e. The lowest BCUT2D eigenvalue weighted by atomic mass is 10.0. The summed E-state index contributed by atoms with van der Waals surface area (Å²) in [5.74, 6) is 0.309. The first kappa shape index (κ1) is 17.0. The van der Waals surface area contributed by atoms with Crippen molar-refractivity contribution >= 4 is 33.8 Å². The Labute approximate surface area is 157 Å². The monoisotopic (exact) mass is 360 g/mol. The van der Waals surface area contributed by atoms with Gasteiger partial charge < -0.3 is 9.80 Å². The van der Waals surface area contributed by atoms with Gasteiger partial charge in [0.25, 0.3) is 5.69 Å². The Morgan fingerprint density at radius 1 is 1.00 bits per heavy atom. The zero-order chi connectivity index (χ0) is 19.1. The van der Waals surface area contributed by atoms with Gasteiger partial charge in [-0.25, -0.2) is 0 Å². The summed E-state index contributed by atoms with van der Waals surface area (Å²) in [7, 11) is 3.69. The van der Waals surface area contributed by atoms with Crippen LogP contribution in [0, 0.1) is 15.5 Å². The molecule has 0 fully saturated rings. The van der Waals surface area contributed by atoms with Crippen LogP contribution in [-0.2, 0) is 12.8 Å². The highest BCUT2D eigenvalue weighted by Crippen LogP contribution is 2.37. The van der Waals surface area contributed by atoms with Gasteiger partial charge >= 0.3 is 0 Å². The molecule has 0 bridgehead atoms. The van der Waals surface area contributed by atoms with Gasteiger partial charge in [0.05, 0.1) is 4.92 Å². The smallest absolute Gasteiger partial charge is 0.269 e. The second-order valence-electron chi connectivity index (χ2n) is 6.79. The number of nitro benzene ring substituents is 1. The van der Waals surface area contributed by atoms with E-state index in [2.05, 4.69) is 30.3 Å². The van der Waals surface area contributed by atoms with Crippen molar-refractivity contribution in [2.75, 3.05) is 23.9 Å². The minimum absolute atomic E-state index is 0.0438. The highest BCUT2D eigenvalue weighted by atomic mass is 16.6. The summed E-state index contributed by atoms with van der Waals surface area (Å²) >= 11 is 0. The van der Waals surface area contributed by atoms with E-state index in [0.717, 1.165) is 24.2 Å². The van der Waals surface area contributed by atoms with Crippen LogP contribution in [0.1, 0.15) is 11.1 Å². The van der Waals surface area contributed by atoms with Gasteiger partial charge in [-0.15, -0.1) is 0 Å². The number of nitro groups is 1. The number of rotatable bonds is 3. The van der Waals surface area contributed by atoms with Gasteiger partial charge in [-0.2, -0.15) is 0 Å². The Hall–Kier alpha value is -3.41. The number of hydrogen-bond acceptors (Lipinski definition) is 3. The van der Waals surface area contributed by atoms with Gasteiger partial charge in [-0.05, 0) is 52.9 Å². The number of nitrogens with one attached hydrogen (secondary N) is 1. The lowest BCUT2D eigenvalue weighted by Gasteiger charge is -2.29. The van der Waals surface area contributed by atoms with Crippen LogP contribution in [0.3, 0.4) is 0 Å². The first-order valence-electron chi connectivity index (χ1n) is 8.81. The summed E-state index contributed by atoms with van der Waals surface area (Å²) in [6.45, 7) is 0. The molecule has 6 nitrogen and oxygen atoms in total. The van der Waals surface area contributed by atoms with Crippen molar-refractivity contribution in [3.63, 3.8) is 0 Å². The molecule has 3 aromatic carbocycles. The van der Waals surface area contributed by atoms with E-state index in [1.54, 1.807) is 24.1 Å². The highest BCUT2D eigenvalue weighted by molar-refractivity contribution is 6.07. The Morgan fingerprint density at radius 3 is 2.44 bits per heavy atom. The number of benzene rings is 3. The third-order valence-electron chi connectivity index (χ3n) is 5.30. The molecule has 0 aromatic heterocycles. The molecule has 0 spiro atoms. The molecule has 6 heteroatoms. The number of non-ortho nitro benzene ring substituents is 1. The van der Waals surface area contributed by atoms with Crippen molar-refractivity contribution in [1.82, 2.24) is 0 Å². The second-order valence-corrected chi connectivity index (χ2v) is 6.79. The number of nitrogens with zero attached hydrogens (tertiary/aromatic N) is 3. The van der Waals surface area contributed by atoms with E-state index in [0.29, 0.717) is 5.96 Å². The first-order valence-corrected chi connectivity index (χ1v) is 8.81. The summed E-state index contributed by atoms with van der Waals surface area (Å²) in [4.78, 5) is 14.0. The predicted molar refractivity (Wildman–Crippen MR) is 109 cm³/mol. The molecule has 3 aromatic rings. The van der Waals surface area contributed by atoms with Gasteiger partial charge in [-0.1, -0.05) is 24.3 Å². The van der Waals surface area contributed by atoms with Crippen LogP contribution in [0.25, 0.3) is 10.8 Å². The fraction of sp³-hybridized carbons (Fsp3) is 0.190.